The van der Waals surface area contributed by atoms with E-state index < -0.39 is 24.2 Å². The number of halogens is 2. The van der Waals surface area contributed by atoms with Gasteiger partial charge >= 0.3 is 6.09 Å². The first kappa shape index (κ1) is 17.1. The highest BCUT2D eigenvalue weighted by atomic mass is 35.5. The predicted octanol–water partition coefficient (Wildman–Crippen LogP) is 1.28. The van der Waals surface area contributed by atoms with Crippen LogP contribution in [0.4, 0.5) is 15.0 Å². The molecule has 3 heterocycles. The number of carboxylic acid groups (broad SMARTS) is 1. The molecule has 1 aliphatic heterocycles. The molecule has 4 N–H and O–H groups in total. The van der Waals surface area contributed by atoms with E-state index in [-0.39, 0.29) is 47.1 Å². The van der Waals surface area contributed by atoms with E-state index in [1.54, 1.807) is 0 Å². The maximum atomic E-state index is 13.8. The van der Waals surface area contributed by atoms with E-state index in [9.17, 15) is 14.0 Å². The number of nitrogens with two attached hydrogens (primary N) is 1. The van der Waals surface area contributed by atoms with Crippen LogP contribution >= 0.6 is 11.6 Å². The maximum absolute atomic E-state index is 13.8. The van der Waals surface area contributed by atoms with Gasteiger partial charge in [0.1, 0.15) is 28.7 Å². The van der Waals surface area contributed by atoms with Crippen molar-refractivity contribution in [2.24, 2.45) is 5.73 Å². The van der Waals surface area contributed by atoms with Crippen molar-refractivity contribution in [3.63, 3.8) is 0 Å². The molecule has 2 aromatic rings. The van der Waals surface area contributed by atoms with E-state index in [1.165, 1.54) is 12.4 Å². The number of hydrogen-bond donors (Lipinski definition) is 3. The molecule has 0 saturated carbocycles. The highest BCUT2D eigenvalue weighted by Crippen LogP contribution is 2.25. The molecule has 1 saturated heterocycles. The number of nitrogens with zero attached hydrogens (tertiary/aromatic N) is 4. The molecule has 1 aliphatic rings. The van der Waals surface area contributed by atoms with Gasteiger partial charge in [0.25, 0.3) is 5.91 Å². The fourth-order valence-electron chi connectivity index (χ4n) is 2.79. The number of anilines is 1. The van der Waals surface area contributed by atoms with Crippen LogP contribution < -0.4 is 11.1 Å². The third-order valence-corrected chi connectivity index (χ3v) is 4.03. The number of nitrogens with one attached hydrogen (secondary N) is 1. The first-order valence-corrected chi connectivity index (χ1v) is 7.72. The van der Waals surface area contributed by atoms with Crippen LogP contribution in [0.2, 0.25) is 5.15 Å². The number of rotatable bonds is 3. The first-order chi connectivity index (χ1) is 11.8. The second kappa shape index (κ2) is 6.63. The van der Waals surface area contributed by atoms with Crippen LogP contribution in [0.25, 0.3) is 11.0 Å². The monoisotopic (exact) mass is 368 g/mol. The number of hydrogen-bond acceptors (Lipinski definition) is 6. The topological polar surface area (TPSA) is 134 Å². The molecule has 9 nitrogen and oxygen atoms in total. The van der Waals surface area contributed by atoms with Crippen LogP contribution in [0.15, 0.2) is 12.4 Å². The van der Waals surface area contributed by atoms with E-state index in [0.29, 0.717) is 0 Å². The molecule has 2 atom stereocenters. The van der Waals surface area contributed by atoms with Crippen molar-refractivity contribution in [1.29, 1.82) is 0 Å². The minimum Gasteiger partial charge on any atom is -0.465 e. The minimum atomic E-state index is -1.30. The molecular formula is C14H14ClFN6O3. The van der Waals surface area contributed by atoms with Gasteiger partial charge in [-0.05, 0) is 6.07 Å². The zero-order valence-electron chi connectivity index (χ0n) is 12.8. The van der Waals surface area contributed by atoms with E-state index >= 15 is 0 Å². The number of fused-ring (bicyclic) bond motifs is 1. The van der Waals surface area contributed by atoms with Crippen molar-refractivity contribution >= 4 is 40.5 Å². The molecule has 1 fully saturated rings. The summed E-state index contributed by atoms with van der Waals surface area (Å²) in [5.74, 6) is -0.503. The number of carbonyl (C=O) groups is 2. The van der Waals surface area contributed by atoms with Gasteiger partial charge in [-0.1, -0.05) is 11.6 Å². The quantitative estimate of drug-likeness (QED) is 0.694. The summed E-state index contributed by atoms with van der Waals surface area (Å²) < 4.78 is 13.8. The van der Waals surface area contributed by atoms with Crippen molar-refractivity contribution in [2.75, 3.05) is 18.4 Å². The van der Waals surface area contributed by atoms with Gasteiger partial charge in [0.05, 0.1) is 12.1 Å². The lowest BCUT2D eigenvalue weighted by Gasteiger charge is -2.33. The molecule has 2 aromatic heterocycles. The molecule has 0 bridgehead atoms. The summed E-state index contributed by atoms with van der Waals surface area (Å²) in [6, 6.07) is 0.781. The Labute approximate surface area is 146 Å². The number of carbonyl (C=O) groups excluding carboxylic acids is 1. The van der Waals surface area contributed by atoms with Crippen molar-refractivity contribution in [2.45, 2.75) is 18.6 Å². The lowest BCUT2D eigenvalue weighted by molar-refractivity contribution is 0.1000. The summed E-state index contributed by atoms with van der Waals surface area (Å²) in [6.07, 6.45) is -1.18. The van der Waals surface area contributed by atoms with Crippen LogP contribution in [0.3, 0.4) is 0 Å². The Balaban J connectivity index is 1.96. The lowest BCUT2D eigenvalue weighted by atomic mass is 10.0. The summed E-state index contributed by atoms with van der Waals surface area (Å²) in [5, 5.41) is 12.1. The average Bonchev–Trinajstić information content (AvgIpc) is 2.54. The van der Waals surface area contributed by atoms with Crippen LogP contribution in [0, 0.1) is 0 Å². The highest BCUT2D eigenvalue weighted by Gasteiger charge is 2.30. The molecule has 2 amide bonds. The Kier molecular flexibility index (Phi) is 4.53. The molecule has 0 radical (unpaired) electrons. The van der Waals surface area contributed by atoms with Crippen LogP contribution in [-0.2, 0) is 0 Å². The second-order valence-corrected chi connectivity index (χ2v) is 6.03. The van der Waals surface area contributed by atoms with Gasteiger partial charge in [0, 0.05) is 19.0 Å². The summed E-state index contributed by atoms with van der Waals surface area (Å²) in [4.78, 5) is 35.8. The zero-order chi connectivity index (χ0) is 18.1. The largest absolute Gasteiger partial charge is 0.465 e. The number of pyridine rings is 1. The van der Waals surface area contributed by atoms with Gasteiger partial charge in [-0.15, -0.1) is 0 Å². The molecule has 25 heavy (non-hydrogen) atoms. The molecule has 2 unspecified atom stereocenters. The SMILES string of the molecule is NC(=O)c1cc(Cl)nc2c(NC3CC(F)CN(C(=O)O)C3)ncnc12. The number of amides is 2. The summed E-state index contributed by atoms with van der Waals surface area (Å²) in [7, 11) is 0. The van der Waals surface area contributed by atoms with Crippen LogP contribution in [0.5, 0.6) is 0 Å². The number of primary amides is 1. The highest BCUT2D eigenvalue weighted by molar-refractivity contribution is 6.30. The molecule has 0 aromatic carbocycles. The van der Waals surface area contributed by atoms with Gasteiger partial charge < -0.3 is 21.1 Å². The number of piperidine rings is 1. The maximum Gasteiger partial charge on any atom is 0.407 e. The molecular weight excluding hydrogens is 355 g/mol. The van der Waals surface area contributed by atoms with Crippen LogP contribution in [0.1, 0.15) is 16.8 Å². The fourth-order valence-corrected chi connectivity index (χ4v) is 2.99. The standard InChI is InChI=1S/C14H14ClFN6O3/c15-9-2-8(12(17)23)10-11(21-9)13(19-5-18-10)20-7-1-6(16)3-22(4-7)14(24)25/h2,5-7H,1,3-4H2,(H2,17,23)(H,24,25)(H,18,19,20). The molecule has 132 valence electrons. The van der Waals surface area contributed by atoms with Crippen molar-refractivity contribution in [1.82, 2.24) is 19.9 Å². The van der Waals surface area contributed by atoms with Crippen molar-refractivity contribution in [3.05, 3.63) is 23.1 Å². The minimum absolute atomic E-state index is 0.0262. The third kappa shape index (κ3) is 3.53. The Morgan fingerprint density at radius 2 is 2.12 bits per heavy atom. The van der Waals surface area contributed by atoms with Crippen molar-refractivity contribution < 1.29 is 19.1 Å². The van der Waals surface area contributed by atoms with E-state index in [0.717, 1.165) is 4.90 Å². The fraction of sp³-hybridized carbons (Fsp3) is 0.357. The Hall–Kier alpha value is -2.75. The summed E-state index contributed by atoms with van der Waals surface area (Å²) in [5.41, 5.74) is 5.81. The first-order valence-electron chi connectivity index (χ1n) is 7.34. The number of aromatic nitrogens is 3. The molecule has 11 heteroatoms. The van der Waals surface area contributed by atoms with Gasteiger partial charge in [-0.25, -0.2) is 24.1 Å². The van der Waals surface area contributed by atoms with Crippen molar-refractivity contribution in [3.8, 4) is 0 Å². The lowest BCUT2D eigenvalue weighted by Crippen LogP contribution is -2.49. The Morgan fingerprint density at radius 1 is 1.36 bits per heavy atom. The smallest absolute Gasteiger partial charge is 0.407 e. The number of alkyl halides is 1. The average molecular weight is 369 g/mol. The number of likely N-dealkylation sites (tertiary alicyclic amines) is 1. The second-order valence-electron chi connectivity index (χ2n) is 5.64. The van der Waals surface area contributed by atoms with Gasteiger partial charge in [-0.3, -0.25) is 4.79 Å². The zero-order valence-corrected chi connectivity index (χ0v) is 13.6. The van der Waals surface area contributed by atoms with Gasteiger partial charge in [-0.2, -0.15) is 0 Å². The predicted molar refractivity (Wildman–Crippen MR) is 87.4 cm³/mol. The van der Waals surface area contributed by atoms with E-state index in [4.69, 9.17) is 22.4 Å². The summed E-state index contributed by atoms with van der Waals surface area (Å²) in [6.45, 7) is -0.0849. The summed E-state index contributed by atoms with van der Waals surface area (Å²) >= 11 is 5.92. The van der Waals surface area contributed by atoms with Gasteiger partial charge in [0.15, 0.2) is 5.82 Å². The normalized spacial score (nSPS) is 20.5. The molecule has 3 rings (SSSR count). The third-order valence-electron chi connectivity index (χ3n) is 3.84. The van der Waals surface area contributed by atoms with E-state index in [2.05, 4.69) is 20.3 Å². The van der Waals surface area contributed by atoms with Crippen LogP contribution in [-0.4, -0.2) is 62.3 Å². The Bertz CT molecular complexity index is 851. The van der Waals surface area contributed by atoms with E-state index in [1.807, 2.05) is 0 Å². The van der Waals surface area contributed by atoms with Gasteiger partial charge in [0.2, 0.25) is 0 Å². The molecule has 0 aliphatic carbocycles. The Morgan fingerprint density at radius 3 is 2.80 bits per heavy atom. The molecule has 0 spiro atoms.